The average molecular weight is 487 g/mol. The second-order valence-corrected chi connectivity index (χ2v) is 12.5. The first-order chi connectivity index (χ1) is 17.2. The smallest absolute Gasteiger partial charge is 0.208 e. The molecule has 5 nitrogen and oxygen atoms in total. The monoisotopic (exact) mass is 486 g/mol. The zero-order valence-corrected chi connectivity index (χ0v) is 20.9. The summed E-state index contributed by atoms with van der Waals surface area (Å²) in [5.74, 6) is -2.77. The highest BCUT2D eigenvalue weighted by atomic mass is 16.6. The number of aliphatic hydroxyl groups excluding tert-OH is 1. The Hall–Kier alpha value is -2.31. The number of fused-ring (bicyclic) bond motifs is 3. The molecule has 0 amide bonds. The fraction of sp³-hybridized carbons (Fsp3) is 0.516. The maximum absolute atomic E-state index is 14.2. The van der Waals surface area contributed by atoms with E-state index < -0.39 is 28.8 Å². The van der Waals surface area contributed by atoms with E-state index in [-0.39, 0.29) is 29.0 Å². The van der Waals surface area contributed by atoms with E-state index in [9.17, 15) is 15.0 Å². The van der Waals surface area contributed by atoms with Crippen molar-refractivity contribution in [3.63, 3.8) is 0 Å². The standard InChI is InChI=1S/C31H34O5/c1-18-22-11-12-23-29-14-6-13-28(2,3)24(29)26(33)31(34,36-17-29)30(23,25(18)32)27(22)35-16-19-9-10-20-7-4-5-8-21(20)15-19/h4-10,14-15,22-24,26-27,33-34H,1,11-13,16-17H2,2-3H3/t22-,23-,24+,26-,27+,29+,30-,31+/m0/s1. The molecule has 3 saturated carbocycles. The van der Waals surface area contributed by atoms with Crippen LogP contribution in [-0.4, -0.2) is 40.6 Å². The van der Waals surface area contributed by atoms with E-state index in [0.717, 1.165) is 35.6 Å². The van der Waals surface area contributed by atoms with Crippen molar-refractivity contribution in [3.8, 4) is 0 Å². The fourth-order valence-corrected chi connectivity index (χ4v) is 9.13. The van der Waals surface area contributed by atoms with Crippen LogP contribution in [0.5, 0.6) is 0 Å². The first-order valence-corrected chi connectivity index (χ1v) is 13.2. The van der Waals surface area contributed by atoms with Gasteiger partial charge >= 0.3 is 0 Å². The van der Waals surface area contributed by atoms with E-state index in [1.54, 1.807) is 0 Å². The molecule has 188 valence electrons. The molecule has 36 heavy (non-hydrogen) atoms. The summed E-state index contributed by atoms with van der Waals surface area (Å²) in [5, 5.41) is 26.4. The predicted octanol–water partition coefficient (Wildman–Crippen LogP) is 4.56. The molecule has 0 radical (unpaired) electrons. The number of ether oxygens (including phenoxy) is 2. The lowest BCUT2D eigenvalue weighted by Crippen LogP contribution is -2.83. The maximum atomic E-state index is 14.2. The molecular formula is C31H34O5. The number of carbonyl (C=O) groups excluding carboxylic acids is 1. The van der Waals surface area contributed by atoms with Gasteiger partial charge < -0.3 is 19.7 Å². The summed E-state index contributed by atoms with van der Waals surface area (Å²) >= 11 is 0. The number of benzene rings is 2. The van der Waals surface area contributed by atoms with Gasteiger partial charge in [-0.2, -0.15) is 0 Å². The SMILES string of the molecule is C=C1C(=O)[C@]23[C@H](OCc4ccc5ccccc5c4)[C@H]1CC[C@H]2[C@]12C=CCC(C)(C)[C@H]1[C@H](O)[C@@]3(O)OC2. The lowest BCUT2D eigenvalue weighted by atomic mass is 9.37. The predicted molar refractivity (Wildman–Crippen MR) is 136 cm³/mol. The summed E-state index contributed by atoms with van der Waals surface area (Å²) in [6.07, 6.45) is 4.96. The van der Waals surface area contributed by atoms with Gasteiger partial charge in [0.05, 0.1) is 19.3 Å². The van der Waals surface area contributed by atoms with E-state index in [0.29, 0.717) is 18.8 Å². The Morgan fingerprint density at radius 3 is 2.72 bits per heavy atom. The number of ketones is 1. The summed E-state index contributed by atoms with van der Waals surface area (Å²) in [4.78, 5) is 14.2. The molecule has 2 N–H and O–H groups in total. The second-order valence-electron chi connectivity index (χ2n) is 12.5. The Morgan fingerprint density at radius 1 is 1.14 bits per heavy atom. The third-order valence-corrected chi connectivity index (χ3v) is 10.5. The number of aliphatic hydroxyl groups is 2. The first kappa shape index (κ1) is 22.9. The summed E-state index contributed by atoms with van der Waals surface area (Å²) in [7, 11) is 0. The molecule has 5 fully saturated rings. The highest BCUT2D eigenvalue weighted by molar-refractivity contribution is 6.05. The molecule has 2 aromatic rings. The molecule has 2 heterocycles. The lowest BCUT2D eigenvalue weighted by molar-refractivity contribution is -0.438. The molecule has 6 aliphatic rings. The Bertz CT molecular complexity index is 1330. The van der Waals surface area contributed by atoms with Crippen LogP contribution in [0.25, 0.3) is 10.8 Å². The van der Waals surface area contributed by atoms with E-state index in [1.807, 2.05) is 18.2 Å². The van der Waals surface area contributed by atoms with Crippen LogP contribution in [0.1, 0.15) is 38.7 Å². The minimum absolute atomic E-state index is 0.183. The Labute approximate surface area is 211 Å². The van der Waals surface area contributed by atoms with Crippen LogP contribution in [0.3, 0.4) is 0 Å². The molecule has 4 bridgehead atoms. The van der Waals surface area contributed by atoms with Gasteiger partial charge in [0.15, 0.2) is 5.78 Å². The van der Waals surface area contributed by atoms with Crippen molar-refractivity contribution >= 4 is 16.6 Å². The van der Waals surface area contributed by atoms with Gasteiger partial charge in [0.25, 0.3) is 0 Å². The van der Waals surface area contributed by atoms with Crippen LogP contribution < -0.4 is 0 Å². The molecule has 0 unspecified atom stereocenters. The first-order valence-electron chi connectivity index (χ1n) is 13.2. The molecule has 2 spiro atoms. The minimum atomic E-state index is -2.00. The Kier molecular flexibility index (Phi) is 4.55. The number of hydrogen-bond acceptors (Lipinski definition) is 5. The second kappa shape index (κ2) is 7.16. The molecule has 2 aromatic carbocycles. The minimum Gasteiger partial charge on any atom is -0.387 e. The van der Waals surface area contributed by atoms with Crippen LogP contribution in [0, 0.1) is 34.0 Å². The van der Waals surface area contributed by atoms with Gasteiger partial charge in [-0.05, 0) is 58.6 Å². The van der Waals surface area contributed by atoms with E-state index in [4.69, 9.17) is 9.47 Å². The largest absolute Gasteiger partial charge is 0.387 e. The molecule has 8 rings (SSSR count). The van der Waals surface area contributed by atoms with Crippen molar-refractivity contribution < 1.29 is 24.5 Å². The van der Waals surface area contributed by atoms with Gasteiger partial charge in [-0.1, -0.05) is 69.0 Å². The molecule has 8 atom stereocenters. The number of allylic oxidation sites excluding steroid dienone is 1. The topological polar surface area (TPSA) is 76.0 Å². The van der Waals surface area contributed by atoms with Crippen LogP contribution in [0.15, 0.2) is 66.8 Å². The number of rotatable bonds is 3. The van der Waals surface area contributed by atoms with Crippen molar-refractivity contribution in [2.75, 3.05) is 6.61 Å². The average Bonchev–Trinajstić information content (AvgIpc) is 2.98. The molecule has 2 aliphatic heterocycles. The lowest BCUT2D eigenvalue weighted by Gasteiger charge is -2.72. The van der Waals surface area contributed by atoms with E-state index >= 15 is 0 Å². The van der Waals surface area contributed by atoms with Gasteiger partial charge in [0.2, 0.25) is 5.79 Å². The van der Waals surface area contributed by atoms with Gasteiger partial charge in [0.1, 0.15) is 11.5 Å². The van der Waals surface area contributed by atoms with E-state index in [1.165, 1.54) is 0 Å². The van der Waals surface area contributed by atoms with Gasteiger partial charge in [0, 0.05) is 17.3 Å². The van der Waals surface area contributed by atoms with Crippen molar-refractivity contribution in [3.05, 3.63) is 72.3 Å². The van der Waals surface area contributed by atoms with Gasteiger partial charge in [-0.25, -0.2) is 0 Å². The normalized spacial score (nSPS) is 44.1. The Morgan fingerprint density at radius 2 is 1.92 bits per heavy atom. The molecular weight excluding hydrogens is 452 g/mol. The summed E-state index contributed by atoms with van der Waals surface area (Å²) in [5.41, 5.74) is -0.611. The highest BCUT2D eigenvalue weighted by Crippen LogP contribution is 2.75. The fourth-order valence-electron chi connectivity index (χ4n) is 9.13. The van der Waals surface area contributed by atoms with Crippen LogP contribution in [-0.2, 0) is 20.9 Å². The number of Topliss-reactive ketones (excluding diaryl/α,β-unsaturated/α-hetero) is 1. The van der Waals surface area contributed by atoms with Crippen LogP contribution >= 0.6 is 0 Å². The quantitative estimate of drug-likeness (QED) is 0.492. The summed E-state index contributed by atoms with van der Waals surface area (Å²) in [6.45, 7) is 9.10. The van der Waals surface area contributed by atoms with Crippen LogP contribution in [0.2, 0.25) is 0 Å². The molecule has 5 heteroatoms. The maximum Gasteiger partial charge on any atom is 0.208 e. The van der Waals surface area contributed by atoms with Crippen LogP contribution in [0.4, 0.5) is 0 Å². The Balaban J connectivity index is 1.34. The van der Waals surface area contributed by atoms with Crippen molar-refractivity contribution in [1.82, 2.24) is 0 Å². The number of hydrogen-bond donors (Lipinski definition) is 2. The highest BCUT2D eigenvalue weighted by Gasteiger charge is 2.85. The molecule has 0 aromatic heterocycles. The zero-order valence-electron chi connectivity index (χ0n) is 20.9. The van der Waals surface area contributed by atoms with Crippen molar-refractivity contribution in [2.24, 2.45) is 34.0 Å². The van der Waals surface area contributed by atoms with Crippen molar-refractivity contribution in [1.29, 1.82) is 0 Å². The molecule has 2 saturated heterocycles. The summed E-state index contributed by atoms with van der Waals surface area (Å²) < 4.78 is 12.8. The van der Waals surface area contributed by atoms with Gasteiger partial charge in [-0.15, -0.1) is 0 Å². The zero-order chi connectivity index (χ0) is 25.1. The molecule has 4 aliphatic carbocycles. The van der Waals surface area contributed by atoms with Crippen molar-refractivity contribution in [2.45, 2.75) is 57.7 Å². The summed E-state index contributed by atoms with van der Waals surface area (Å²) in [6, 6.07) is 14.4. The third-order valence-electron chi connectivity index (χ3n) is 10.5. The van der Waals surface area contributed by atoms with Gasteiger partial charge in [-0.3, -0.25) is 4.79 Å². The van der Waals surface area contributed by atoms with E-state index in [2.05, 4.69) is 56.8 Å². The number of carbonyl (C=O) groups is 1. The third kappa shape index (κ3) is 2.48.